The van der Waals surface area contributed by atoms with Gasteiger partial charge in [-0.25, -0.2) is 0 Å². The molecule has 0 unspecified atom stereocenters. The van der Waals surface area contributed by atoms with Crippen LogP contribution < -0.4 is 10.5 Å². The van der Waals surface area contributed by atoms with E-state index in [1.54, 1.807) is 27.8 Å². The van der Waals surface area contributed by atoms with Gasteiger partial charge in [0.1, 0.15) is 5.56 Å². The van der Waals surface area contributed by atoms with Gasteiger partial charge in [-0.2, -0.15) is 0 Å². The van der Waals surface area contributed by atoms with E-state index in [0.717, 1.165) is 11.3 Å². The molecule has 1 aromatic heterocycles. The first kappa shape index (κ1) is 16.7. The highest BCUT2D eigenvalue weighted by molar-refractivity contribution is 6.05. The van der Waals surface area contributed by atoms with E-state index < -0.39 is 0 Å². The van der Waals surface area contributed by atoms with Gasteiger partial charge in [0.2, 0.25) is 0 Å². The molecule has 3 rings (SSSR count). The van der Waals surface area contributed by atoms with E-state index in [0.29, 0.717) is 13.1 Å². The zero-order chi connectivity index (χ0) is 17.6. The highest BCUT2D eigenvalue weighted by Gasteiger charge is 2.19. The van der Waals surface area contributed by atoms with Crippen molar-refractivity contribution in [2.45, 2.75) is 13.5 Å². The van der Waals surface area contributed by atoms with Crippen LogP contribution >= 0.6 is 0 Å². The molecule has 0 saturated carbocycles. The zero-order valence-electron chi connectivity index (χ0n) is 14.1. The maximum absolute atomic E-state index is 12.9. The lowest BCUT2D eigenvalue weighted by Gasteiger charge is -2.21. The van der Waals surface area contributed by atoms with Crippen LogP contribution in [0.4, 0.5) is 5.69 Å². The number of carbonyl (C=O) groups excluding carboxylic acids is 1. The Hall–Kier alpha value is -3.14. The van der Waals surface area contributed by atoms with E-state index >= 15 is 0 Å². The van der Waals surface area contributed by atoms with Gasteiger partial charge in [-0.1, -0.05) is 48.5 Å². The highest BCUT2D eigenvalue weighted by atomic mass is 16.2. The third-order valence-electron chi connectivity index (χ3n) is 4.08. The second-order valence-electron chi connectivity index (χ2n) is 5.73. The van der Waals surface area contributed by atoms with E-state index in [1.807, 2.05) is 67.6 Å². The van der Waals surface area contributed by atoms with Crippen LogP contribution in [0.25, 0.3) is 0 Å². The minimum atomic E-state index is -0.277. The average Bonchev–Trinajstić information content (AvgIpc) is 2.66. The second-order valence-corrected chi connectivity index (χ2v) is 5.73. The molecule has 0 N–H and O–H groups in total. The van der Waals surface area contributed by atoms with Gasteiger partial charge in [-0.15, -0.1) is 0 Å². The molecule has 0 spiro atoms. The first-order chi connectivity index (χ1) is 12.2. The Labute approximate surface area is 147 Å². The first-order valence-corrected chi connectivity index (χ1v) is 8.31. The number of para-hydroxylation sites is 1. The minimum Gasteiger partial charge on any atom is -0.310 e. The second kappa shape index (κ2) is 7.62. The molecule has 1 heterocycles. The average molecular weight is 332 g/mol. The standard InChI is InChI=1S/C21H20N2O2/c1-2-23(18-12-7-4-8-13-18)21(25)19-14-9-15-22(20(19)24)16-17-10-5-3-6-11-17/h3-15H,2,16H2,1H3. The number of rotatable bonds is 5. The smallest absolute Gasteiger partial charge is 0.263 e. The predicted octanol–water partition coefficient (Wildman–Crippen LogP) is 3.56. The molecule has 2 aromatic carbocycles. The molecule has 4 nitrogen and oxygen atoms in total. The summed E-state index contributed by atoms with van der Waals surface area (Å²) in [6, 6.07) is 22.5. The van der Waals surface area contributed by atoms with Crippen LogP contribution in [0.3, 0.4) is 0 Å². The summed E-state index contributed by atoms with van der Waals surface area (Å²) in [5.74, 6) is -0.277. The van der Waals surface area contributed by atoms with Gasteiger partial charge in [-0.05, 0) is 36.8 Å². The fourth-order valence-electron chi connectivity index (χ4n) is 2.80. The number of amides is 1. The van der Waals surface area contributed by atoms with E-state index in [9.17, 15) is 9.59 Å². The molecule has 4 heteroatoms. The van der Waals surface area contributed by atoms with E-state index in [2.05, 4.69) is 0 Å². The molecule has 3 aromatic rings. The van der Waals surface area contributed by atoms with Crippen molar-refractivity contribution in [2.75, 3.05) is 11.4 Å². The van der Waals surface area contributed by atoms with Crippen molar-refractivity contribution in [3.05, 3.63) is 100 Å². The molecule has 0 fully saturated rings. The topological polar surface area (TPSA) is 42.3 Å². The molecule has 1 amide bonds. The SMILES string of the molecule is CCN(C(=O)c1cccn(Cc2ccccc2)c1=O)c1ccccc1. The number of hydrogen-bond donors (Lipinski definition) is 0. The van der Waals surface area contributed by atoms with Gasteiger partial charge in [0.25, 0.3) is 11.5 Å². The van der Waals surface area contributed by atoms with Crippen molar-refractivity contribution < 1.29 is 4.79 Å². The number of nitrogens with zero attached hydrogens (tertiary/aromatic N) is 2. The molecule has 0 aliphatic heterocycles. The van der Waals surface area contributed by atoms with Crippen LogP contribution in [-0.4, -0.2) is 17.0 Å². The summed E-state index contributed by atoms with van der Waals surface area (Å²) < 4.78 is 1.57. The Bertz CT molecular complexity index is 902. The quantitative estimate of drug-likeness (QED) is 0.717. The number of anilines is 1. The first-order valence-electron chi connectivity index (χ1n) is 8.31. The van der Waals surface area contributed by atoms with Crippen molar-refractivity contribution in [3.8, 4) is 0 Å². The minimum absolute atomic E-state index is 0.184. The molecule has 0 saturated heterocycles. The normalized spacial score (nSPS) is 10.4. The Balaban J connectivity index is 1.93. The van der Waals surface area contributed by atoms with Crippen LogP contribution in [0.15, 0.2) is 83.8 Å². The van der Waals surface area contributed by atoms with Crippen molar-refractivity contribution >= 4 is 11.6 Å². The molecular formula is C21H20N2O2. The third kappa shape index (κ3) is 3.69. The van der Waals surface area contributed by atoms with Crippen molar-refractivity contribution in [3.63, 3.8) is 0 Å². The van der Waals surface area contributed by atoms with Crippen LogP contribution in [-0.2, 0) is 6.54 Å². The van der Waals surface area contributed by atoms with Crippen LogP contribution in [0, 0.1) is 0 Å². The van der Waals surface area contributed by atoms with E-state index in [-0.39, 0.29) is 17.0 Å². The Morgan fingerprint density at radius 1 is 0.920 bits per heavy atom. The third-order valence-corrected chi connectivity index (χ3v) is 4.08. The molecule has 0 atom stereocenters. The lowest BCUT2D eigenvalue weighted by atomic mass is 10.2. The Morgan fingerprint density at radius 2 is 1.56 bits per heavy atom. The zero-order valence-corrected chi connectivity index (χ0v) is 14.1. The summed E-state index contributed by atoms with van der Waals surface area (Å²) in [6.07, 6.45) is 1.71. The largest absolute Gasteiger partial charge is 0.310 e. The lowest BCUT2D eigenvalue weighted by Crippen LogP contribution is -2.36. The summed E-state index contributed by atoms with van der Waals surface area (Å²) in [7, 11) is 0. The Morgan fingerprint density at radius 3 is 2.20 bits per heavy atom. The fraction of sp³-hybridized carbons (Fsp3) is 0.143. The Kier molecular flexibility index (Phi) is 5.09. The maximum atomic E-state index is 12.9. The number of benzene rings is 2. The van der Waals surface area contributed by atoms with E-state index in [1.165, 1.54) is 0 Å². The van der Waals surface area contributed by atoms with Crippen molar-refractivity contribution in [2.24, 2.45) is 0 Å². The van der Waals surface area contributed by atoms with Crippen LogP contribution in [0.2, 0.25) is 0 Å². The number of aromatic nitrogens is 1. The summed E-state index contributed by atoms with van der Waals surface area (Å²) in [5.41, 5.74) is 1.72. The molecule has 0 aliphatic rings. The summed E-state index contributed by atoms with van der Waals surface area (Å²) in [4.78, 5) is 27.3. The lowest BCUT2D eigenvalue weighted by molar-refractivity contribution is 0.0986. The van der Waals surface area contributed by atoms with E-state index in [4.69, 9.17) is 0 Å². The number of pyridine rings is 1. The molecular weight excluding hydrogens is 312 g/mol. The molecule has 126 valence electrons. The summed E-state index contributed by atoms with van der Waals surface area (Å²) in [6.45, 7) is 2.84. The van der Waals surface area contributed by atoms with Crippen LogP contribution in [0.1, 0.15) is 22.8 Å². The summed E-state index contributed by atoms with van der Waals surface area (Å²) >= 11 is 0. The molecule has 25 heavy (non-hydrogen) atoms. The van der Waals surface area contributed by atoms with Crippen molar-refractivity contribution in [1.82, 2.24) is 4.57 Å². The monoisotopic (exact) mass is 332 g/mol. The van der Waals surface area contributed by atoms with Gasteiger partial charge < -0.3 is 9.47 Å². The molecule has 0 radical (unpaired) electrons. The van der Waals surface area contributed by atoms with Gasteiger partial charge in [0.15, 0.2) is 0 Å². The van der Waals surface area contributed by atoms with Gasteiger partial charge in [0.05, 0.1) is 6.54 Å². The predicted molar refractivity (Wildman–Crippen MR) is 100 cm³/mol. The maximum Gasteiger partial charge on any atom is 0.263 e. The van der Waals surface area contributed by atoms with Gasteiger partial charge in [0, 0.05) is 18.4 Å². The van der Waals surface area contributed by atoms with Crippen LogP contribution in [0.5, 0.6) is 0 Å². The fourth-order valence-corrected chi connectivity index (χ4v) is 2.80. The van der Waals surface area contributed by atoms with Gasteiger partial charge in [-0.3, -0.25) is 9.59 Å². The molecule has 0 bridgehead atoms. The number of hydrogen-bond acceptors (Lipinski definition) is 2. The highest BCUT2D eigenvalue weighted by Crippen LogP contribution is 2.15. The molecule has 0 aliphatic carbocycles. The van der Waals surface area contributed by atoms with Gasteiger partial charge >= 0.3 is 0 Å². The summed E-state index contributed by atoms with van der Waals surface area (Å²) in [5, 5.41) is 0. The van der Waals surface area contributed by atoms with Crippen molar-refractivity contribution in [1.29, 1.82) is 0 Å². The number of carbonyl (C=O) groups is 1.